The van der Waals surface area contributed by atoms with Crippen molar-refractivity contribution in [1.29, 1.82) is 0 Å². The molecule has 38 heavy (non-hydrogen) atoms. The minimum atomic E-state index is -3.26. The Kier molecular flexibility index (Phi) is 9.54. The fourth-order valence-corrected chi connectivity index (χ4v) is 6.48. The molecule has 3 nitrogen and oxygen atoms in total. The van der Waals surface area contributed by atoms with Gasteiger partial charge in [-0.25, -0.2) is 8.42 Å². The molecular weight excluding hydrogens is 486 g/mol. The Morgan fingerprint density at radius 2 is 1.13 bits per heavy atom. The zero-order valence-electron chi connectivity index (χ0n) is 22.5. The van der Waals surface area contributed by atoms with Crippen molar-refractivity contribution in [3.8, 4) is 0 Å². The van der Waals surface area contributed by atoms with Crippen molar-refractivity contribution < 1.29 is 8.42 Å². The Morgan fingerprint density at radius 1 is 0.658 bits per heavy atom. The summed E-state index contributed by atoms with van der Waals surface area (Å²) in [4.78, 5) is 2.87. The highest BCUT2D eigenvalue weighted by atomic mass is 32.2. The predicted molar refractivity (Wildman–Crippen MR) is 158 cm³/mol. The molecule has 4 rings (SSSR count). The first-order chi connectivity index (χ1) is 18.4. The van der Waals surface area contributed by atoms with Crippen LogP contribution in [0.4, 0.5) is 0 Å². The number of nitrogens with zero attached hydrogens (tertiary/aromatic N) is 1. The lowest BCUT2D eigenvalue weighted by Crippen LogP contribution is -2.46. The lowest BCUT2D eigenvalue weighted by molar-refractivity contribution is 0.195. The van der Waals surface area contributed by atoms with Gasteiger partial charge in [-0.3, -0.25) is 4.90 Å². The number of hydrogen-bond donors (Lipinski definition) is 0. The molecule has 197 valence electrons. The van der Waals surface area contributed by atoms with Crippen LogP contribution < -0.4 is 0 Å². The Morgan fingerprint density at radius 3 is 1.61 bits per heavy atom. The van der Waals surface area contributed by atoms with Crippen LogP contribution in [0.15, 0.2) is 120 Å². The maximum absolute atomic E-state index is 12.6. The first-order valence-corrected chi connectivity index (χ1v) is 15.1. The van der Waals surface area contributed by atoms with E-state index < -0.39 is 15.4 Å². The summed E-state index contributed by atoms with van der Waals surface area (Å²) in [7, 11) is -1.04. The van der Waals surface area contributed by atoms with Crippen LogP contribution in [0.3, 0.4) is 0 Å². The minimum Gasteiger partial charge on any atom is -0.289 e. The zero-order valence-corrected chi connectivity index (χ0v) is 23.3. The molecule has 0 aliphatic rings. The molecule has 0 heterocycles. The quantitative estimate of drug-likeness (QED) is 0.135. The van der Waals surface area contributed by atoms with Crippen LogP contribution in [0.25, 0.3) is 0 Å². The van der Waals surface area contributed by atoms with E-state index in [1.54, 1.807) is 12.1 Å². The van der Waals surface area contributed by atoms with Crippen molar-refractivity contribution in [2.24, 2.45) is 0 Å². The highest BCUT2D eigenvalue weighted by molar-refractivity contribution is 7.91. The second-order valence-electron chi connectivity index (χ2n) is 9.96. The molecule has 0 saturated heterocycles. The van der Waals surface area contributed by atoms with E-state index >= 15 is 0 Å². The first kappa shape index (κ1) is 27.8. The van der Waals surface area contributed by atoms with Gasteiger partial charge in [0.25, 0.3) is 0 Å². The molecule has 0 aliphatic heterocycles. The molecule has 0 bridgehead atoms. The summed E-state index contributed by atoms with van der Waals surface area (Å²) in [5.41, 5.74) is 4.39. The standard InChI is InChI=1S/C34H38NO2S/c1-29-23-25-33(26-24-29)38(36,37)28-16-5-3-4-15-27-35(2)34(30-17-9-6-10-18-30,31-19-11-7-12-20-31)32-21-13-8-14-22-32/h6-14,16-26H,3-5,15,27-28H2,1-2H3. The number of sulfone groups is 1. The molecule has 0 amide bonds. The molecule has 0 N–H and O–H groups in total. The minimum absolute atomic E-state index is 0.0924. The average molecular weight is 525 g/mol. The number of aryl methyl sites for hydroxylation is 1. The van der Waals surface area contributed by atoms with Gasteiger partial charge in [0.05, 0.1) is 16.2 Å². The molecule has 4 heteroatoms. The fraction of sp³-hybridized carbons (Fsp3) is 0.265. The molecule has 0 aromatic heterocycles. The molecule has 0 spiro atoms. The van der Waals surface area contributed by atoms with Crippen molar-refractivity contribution >= 4 is 9.84 Å². The molecule has 0 unspecified atom stereocenters. The molecule has 1 radical (unpaired) electrons. The van der Waals surface area contributed by atoms with Gasteiger partial charge in [0.2, 0.25) is 0 Å². The van der Waals surface area contributed by atoms with E-state index in [0.717, 1.165) is 37.8 Å². The van der Waals surface area contributed by atoms with Crippen molar-refractivity contribution in [3.63, 3.8) is 0 Å². The summed E-state index contributed by atoms with van der Waals surface area (Å²) in [5.74, 6) is 0.0924. The monoisotopic (exact) mass is 524 g/mol. The summed E-state index contributed by atoms with van der Waals surface area (Å²) < 4.78 is 25.2. The summed E-state index contributed by atoms with van der Waals surface area (Å²) in [6, 6.07) is 39.3. The molecule has 0 fully saturated rings. The van der Waals surface area contributed by atoms with Crippen molar-refractivity contribution in [2.75, 3.05) is 19.3 Å². The Bertz CT molecular complexity index is 1260. The van der Waals surface area contributed by atoms with E-state index in [2.05, 4.69) is 103 Å². The largest absolute Gasteiger partial charge is 0.289 e. The highest BCUT2D eigenvalue weighted by Crippen LogP contribution is 2.41. The third-order valence-electron chi connectivity index (χ3n) is 7.27. The third-order valence-corrected chi connectivity index (χ3v) is 8.93. The maximum Gasteiger partial charge on any atom is 0.178 e. The van der Waals surface area contributed by atoms with Crippen molar-refractivity contribution in [2.45, 2.75) is 43.0 Å². The van der Waals surface area contributed by atoms with Crippen molar-refractivity contribution in [1.82, 2.24) is 4.90 Å². The SMILES string of the molecule is Cc1ccc(S(=O)(=O)C[CH]CCCCCN(C)C(c2ccccc2)(c2ccccc2)c2ccccc2)cc1. The Hall–Kier alpha value is -3.21. The van der Waals surface area contributed by atoms with Gasteiger partial charge in [0, 0.05) is 0 Å². The van der Waals surface area contributed by atoms with Crippen LogP contribution in [0.1, 0.15) is 47.9 Å². The predicted octanol–water partition coefficient (Wildman–Crippen LogP) is 7.46. The van der Waals surface area contributed by atoms with Gasteiger partial charge < -0.3 is 0 Å². The van der Waals surface area contributed by atoms with E-state index in [1.807, 2.05) is 25.5 Å². The van der Waals surface area contributed by atoms with Gasteiger partial charge in [-0.2, -0.15) is 0 Å². The van der Waals surface area contributed by atoms with Crippen LogP contribution in [-0.2, 0) is 15.4 Å². The topological polar surface area (TPSA) is 37.4 Å². The van der Waals surface area contributed by atoms with Gasteiger partial charge in [-0.15, -0.1) is 0 Å². The lowest BCUT2D eigenvalue weighted by atomic mass is 9.75. The second-order valence-corrected chi connectivity index (χ2v) is 12.0. The normalized spacial score (nSPS) is 12.1. The van der Waals surface area contributed by atoms with Crippen LogP contribution in [-0.4, -0.2) is 32.7 Å². The zero-order chi connectivity index (χ0) is 26.8. The van der Waals surface area contributed by atoms with Crippen LogP contribution in [0.2, 0.25) is 0 Å². The van der Waals surface area contributed by atoms with Gasteiger partial charge in [0.15, 0.2) is 9.84 Å². The molecule has 4 aromatic carbocycles. The first-order valence-electron chi connectivity index (χ1n) is 13.4. The number of rotatable bonds is 13. The van der Waals surface area contributed by atoms with E-state index in [1.165, 1.54) is 16.7 Å². The average Bonchev–Trinajstić information content (AvgIpc) is 2.95. The summed E-state index contributed by atoms with van der Waals surface area (Å²) in [6.07, 6.45) is 5.77. The Labute approximate surface area is 229 Å². The fourth-order valence-electron chi connectivity index (χ4n) is 5.26. The molecule has 0 atom stereocenters. The van der Waals surface area contributed by atoms with Crippen LogP contribution in [0.5, 0.6) is 0 Å². The number of hydrogen-bond acceptors (Lipinski definition) is 3. The summed E-state index contributed by atoms with van der Waals surface area (Å²) in [5, 5.41) is 0. The van der Waals surface area contributed by atoms with Gasteiger partial charge in [-0.1, -0.05) is 122 Å². The highest BCUT2D eigenvalue weighted by Gasteiger charge is 2.39. The van der Waals surface area contributed by atoms with E-state index in [0.29, 0.717) is 4.90 Å². The van der Waals surface area contributed by atoms with E-state index in [4.69, 9.17) is 0 Å². The number of unbranched alkanes of at least 4 members (excludes halogenated alkanes) is 4. The van der Waals surface area contributed by atoms with Gasteiger partial charge in [0.1, 0.15) is 0 Å². The van der Waals surface area contributed by atoms with Crippen molar-refractivity contribution in [3.05, 3.63) is 144 Å². The molecule has 4 aromatic rings. The van der Waals surface area contributed by atoms with Crippen LogP contribution in [0, 0.1) is 13.3 Å². The molecule has 0 aliphatic carbocycles. The van der Waals surface area contributed by atoms with E-state index in [-0.39, 0.29) is 5.75 Å². The number of benzene rings is 4. The van der Waals surface area contributed by atoms with Crippen LogP contribution >= 0.6 is 0 Å². The Balaban J connectivity index is 1.41. The third kappa shape index (κ3) is 6.43. The summed E-state index contributed by atoms with van der Waals surface area (Å²) in [6.45, 7) is 2.88. The summed E-state index contributed by atoms with van der Waals surface area (Å²) >= 11 is 0. The van der Waals surface area contributed by atoms with E-state index in [9.17, 15) is 8.42 Å². The smallest absolute Gasteiger partial charge is 0.178 e. The lowest BCUT2D eigenvalue weighted by Gasteiger charge is -2.44. The second kappa shape index (κ2) is 13.0. The van der Waals surface area contributed by atoms with Gasteiger partial charge in [-0.05, 0) is 68.6 Å². The molecular formula is C34H38NO2S. The molecule has 0 saturated carbocycles. The maximum atomic E-state index is 12.6. The van der Waals surface area contributed by atoms with Gasteiger partial charge >= 0.3 is 0 Å².